The zero-order valence-corrected chi connectivity index (χ0v) is 17.9. The van der Waals surface area contributed by atoms with E-state index in [1.807, 2.05) is 11.8 Å². The van der Waals surface area contributed by atoms with Gasteiger partial charge >= 0.3 is 0 Å². The second-order valence-electron chi connectivity index (χ2n) is 6.14. The first-order valence-electron chi connectivity index (χ1n) is 9.07. The molecule has 140 valence electrons. The van der Waals surface area contributed by atoms with E-state index in [-0.39, 0.29) is 35.9 Å². The van der Waals surface area contributed by atoms with Gasteiger partial charge < -0.3 is 15.5 Å². The molecule has 0 aliphatic carbocycles. The average molecular weight is 458 g/mol. The molecular formula is C19H31IN4O. The number of halogens is 1. The van der Waals surface area contributed by atoms with Crippen LogP contribution in [0.2, 0.25) is 0 Å². The highest BCUT2D eigenvalue weighted by Gasteiger charge is 2.25. The lowest BCUT2D eigenvalue weighted by Gasteiger charge is -2.18. The number of nitrogens with one attached hydrogen (secondary N) is 2. The van der Waals surface area contributed by atoms with E-state index < -0.39 is 0 Å². The topological polar surface area (TPSA) is 56.7 Å². The molecular weight excluding hydrogens is 427 g/mol. The number of aliphatic imine (C=N–C) groups is 1. The van der Waals surface area contributed by atoms with Gasteiger partial charge in [0.2, 0.25) is 5.91 Å². The standard InChI is InChI=1S/C19H30N4O.HI/c1-4-15-9-7-8-10-16(15)13-21-19(20-6-3)22-17-11-12-23(14-17)18(24)5-2;/h7-10,17H,4-6,11-14H2,1-3H3,(H2,20,21,22);1H. The second-order valence-corrected chi connectivity index (χ2v) is 6.14. The molecule has 1 saturated heterocycles. The first kappa shape index (κ1) is 21.7. The van der Waals surface area contributed by atoms with E-state index in [1.165, 1.54) is 11.1 Å². The first-order valence-corrected chi connectivity index (χ1v) is 9.07. The maximum absolute atomic E-state index is 11.8. The van der Waals surface area contributed by atoms with Gasteiger partial charge in [0.15, 0.2) is 5.96 Å². The van der Waals surface area contributed by atoms with Gasteiger partial charge in [-0.25, -0.2) is 4.99 Å². The minimum absolute atomic E-state index is 0. The first-order chi connectivity index (χ1) is 11.7. The summed E-state index contributed by atoms with van der Waals surface area (Å²) >= 11 is 0. The fraction of sp³-hybridized carbons (Fsp3) is 0.579. The molecule has 1 fully saturated rings. The van der Waals surface area contributed by atoms with Crippen molar-refractivity contribution in [3.05, 3.63) is 35.4 Å². The smallest absolute Gasteiger partial charge is 0.222 e. The van der Waals surface area contributed by atoms with Crippen molar-refractivity contribution in [1.29, 1.82) is 0 Å². The SMILES string of the molecule is CCNC(=NCc1ccccc1CC)NC1CCN(C(=O)CC)C1.I. The number of rotatable bonds is 6. The van der Waals surface area contributed by atoms with Gasteiger partial charge in [-0.15, -0.1) is 24.0 Å². The summed E-state index contributed by atoms with van der Waals surface area (Å²) in [5.41, 5.74) is 2.61. The van der Waals surface area contributed by atoms with Crippen molar-refractivity contribution in [3.63, 3.8) is 0 Å². The lowest BCUT2D eigenvalue weighted by atomic mass is 10.1. The Labute approximate surface area is 168 Å². The van der Waals surface area contributed by atoms with Crippen molar-refractivity contribution < 1.29 is 4.79 Å². The molecule has 1 aliphatic rings. The fourth-order valence-corrected chi connectivity index (χ4v) is 3.06. The normalized spacial score (nSPS) is 17.2. The number of amides is 1. The summed E-state index contributed by atoms with van der Waals surface area (Å²) in [5, 5.41) is 6.79. The second kappa shape index (κ2) is 11.3. The van der Waals surface area contributed by atoms with Gasteiger partial charge in [0.05, 0.1) is 6.54 Å². The predicted molar refractivity (Wildman–Crippen MR) is 114 cm³/mol. The summed E-state index contributed by atoms with van der Waals surface area (Å²) in [6.07, 6.45) is 2.57. The van der Waals surface area contributed by atoms with Gasteiger partial charge in [0, 0.05) is 32.1 Å². The van der Waals surface area contributed by atoms with Crippen molar-refractivity contribution in [2.24, 2.45) is 4.99 Å². The minimum atomic E-state index is 0. The van der Waals surface area contributed by atoms with Crippen molar-refractivity contribution >= 4 is 35.8 Å². The molecule has 0 saturated carbocycles. The van der Waals surface area contributed by atoms with Crippen molar-refractivity contribution in [1.82, 2.24) is 15.5 Å². The molecule has 0 radical (unpaired) electrons. The third-order valence-corrected chi connectivity index (χ3v) is 4.44. The number of carbonyl (C=O) groups is 1. The van der Waals surface area contributed by atoms with Gasteiger partial charge in [0.1, 0.15) is 0 Å². The molecule has 6 heteroatoms. The zero-order valence-electron chi connectivity index (χ0n) is 15.5. The Morgan fingerprint density at radius 3 is 2.60 bits per heavy atom. The molecule has 0 spiro atoms. The van der Waals surface area contributed by atoms with Crippen molar-refractivity contribution in [2.45, 2.75) is 52.6 Å². The molecule has 1 aromatic carbocycles. The maximum Gasteiger partial charge on any atom is 0.222 e. The summed E-state index contributed by atoms with van der Waals surface area (Å²) in [5.74, 6) is 1.07. The van der Waals surface area contributed by atoms with Gasteiger partial charge in [0.25, 0.3) is 0 Å². The molecule has 2 N–H and O–H groups in total. The highest BCUT2D eigenvalue weighted by Crippen LogP contribution is 2.12. The number of hydrogen-bond donors (Lipinski definition) is 2. The minimum Gasteiger partial charge on any atom is -0.357 e. The van der Waals surface area contributed by atoms with Crippen molar-refractivity contribution in [3.8, 4) is 0 Å². The van der Waals surface area contributed by atoms with Crippen LogP contribution in [0, 0.1) is 0 Å². The molecule has 1 unspecified atom stereocenters. The molecule has 1 heterocycles. The molecule has 25 heavy (non-hydrogen) atoms. The Kier molecular flexibility index (Phi) is 9.85. The predicted octanol–water partition coefficient (Wildman–Crippen LogP) is 2.93. The number of guanidine groups is 1. The fourth-order valence-electron chi connectivity index (χ4n) is 3.06. The van der Waals surface area contributed by atoms with Crippen LogP contribution in [0.15, 0.2) is 29.3 Å². The monoisotopic (exact) mass is 458 g/mol. The molecule has 0 bridgehead atoms. The summed E-state index contributed by atoms with van der Waals surface area (Å²) in [7, 11) is 0. The largest absolute Gasteiger partial charge is 0.357 e. The quantitative estimate of drug-likeness (QED) is 0.392. The molecule has 1 amide bonds. The molecule has 1 aromatic rings. The van der Waals surface area contributed by atoms with Crippen LogP contribution >= 0.6 is 24.0 Å². The Bertz CT molecular complexity index is 576. The summed E-state index contributed by atoms with van der Waals surface area (Å²) in [6, 6.07) is 8.72. The molecule has 1 atom stereocenters. The van der Waals surface area contributed by atoms with Crippen LogP contribution in [0.1, 0.15) is 44.7 Å². The molecule has 0 aromatic heterocycles. The summed E-state index contributed by atoms with van der Waals surface area (Å²) in [6.45, 7) is 9.25. The maximum atomic E-state index is 11.8. The summed E-state index contributed by atoms with van der Waals surface area (Å²) < 4.78 is 0. The van der Waals surface area contributed by atoms with E-state index in [9.17, 15) is 4.79 Å². The van der Waals surface area contributed by atoms with Gasteiger partial charge in [-0.05, 0) is 30.9 Å². The van der Waals surface area contributed by atoms with E-state index >= 15 is 0 Å². The highest BCUT2D eigenvalue weighted by atomic mass is 127. The van der Waals surface area contributed by atoms with E-state index in [0.29, 0.717) is 13.0 Å². The van der Waals surface area contributed by atoms with Crippen LogP contribution in [0.25, 0.3) is 0 Å². The summed E-state index contributed by atoms with van der Waals surface area (Å²) in [4.78, 5) is 18.5. The lowest BCUT2D eigenvalue weighted by molar-refractivity contribution is -0.129. The Morgan fingerprint density at radius 2 is 1.96 bits per heavy atom. The third-order valence-electron chi connectivity index (χ3n) is 4.44. The number of aryl methyl sites for hydroxylation is 1. The highest BCUT2D eigenvalue weighted by molar-refractivity contribution is 14.0. The van der Waals surface area contributed by atoms with Crippen molar-refractivity contribution in [2.75, 3.05) is 19.6 Å². The Morgan fingerprint density at radius 1 is 1.24 bits per heavy atom. The number of likely N-dealkylation sites (tertiary alicyclic amines) is 1. The van der Waals surface area contributed by atoms with Crippen LogP contribution in [0.4, 0.5) is 0 Å². The van der Waals surface area contributed by atoms with E-state index in [0.717, 1.165) is 38.4 Å². The molecule has 5 nitrogen and oxygen atoms in total. The van der Waals surface area contributed by atoms with Gasteiger partial charge in [-0.1, -0.05) is 38.1 Å². The number of hydrogen-bond acceptors (Lipinski definition) is 2. The Balaban J connectivity index is 0.00000312. The van der Waals surface area contributed by atoms with Crippen LogP contribution in [0.3, 0.4) is 0 Å². The van der Waals surface area contributed by atoms with Crippen LogP contribution in [0.5, 0.6) is 0 Å². The average Bonchev–Trinajstić information content (AvgIpc) is 3.08. The Hall–Kier alpha value is -1.31. The molecule has 1 aliphatic heterocycles. The third kappa shape index (κ3) is 6.49. The van der Waals surface area contributed by atoms with Crippen LogP contribution < -0.4 is 10.6 Å². The lowest BCUT2D eigenvalue weighted by Crippen LogP contribution is -2.45. The zero-order chi connectivity index (χ0) is 17.4. The molecule has 2 rings (SSSR count). The number of carbonyl (C=O) groups excluding carboxylic acids is 1. The van der Waals surface area contributed by atoms with Crippen LogP contribution in [-0.2, 0) is 17.8 Å². The van der Waals surface area contributed by atoms with E-state index in [4.69, 9.17) is 4.99 Å². The van der Waals surface area contributed by atoms with E-state index in [1.54, 1.807) is 0 Å². The van der Waals surface area contributed by atoms with Crippen LogP contribution in [-0.4, -0.2) is 42.4 Å². The van der Waals surface area contributed by atoms with Gasteiger partial charge in [-0.3, -0.25) is 4.79 Å². The number of nitrogens with zero attached hydrogens (tertiary/aromatic N) is 2. The van der Waals surface area contributed by atoms with E-state index in [2.05, 4.69) is 48.7 Å². The van der Waals surface area contributed by atoms with Gasteiger partial charge in [-0.2, -0.15) is 0 Å². The number of benzene rings is 1.